The first-order chi connectivity index (χ1) is 7.50. The summed E-state index contributed by atoms with van der Waals surface area (Å²) in [5.74, 6) is -0.0604. The van der Waals surface area contributed by atoms with Crippen LogP contribution in [0.2, 0.25) is 10.0 Å². The second-order valence-corrected chi connectivity index (χ2v) is 4.88. The molecule has 0 aliphatic rings. The minimum absolute atomic E-state index is 0.0604. The van der Waals surface area contributed by atoms with Gasteiger partial charge >= 0.3 is 0 Å². The molecule has 0 heterocycles. The lowest BCUT2D eigenvalue weighted by atomic mass is 10.3. The van der Waals surface area contributed by atoms with Gasteiger partial charge in [-0.05, 0) is 12.1 Å². The van der Waals surface area contributed by atoms with Crippen LogP contribution in [0.3, 0.4) is 0 Å². The first-order valence-electron chi connectivity index (χ1n) is 4.63. The molecule has 16 heavy (non-hydrogen) atoms. The molecule has 1 aromatic carbocycles. The number of nitrogens with one attached hydrogen (secondary N) is 2. The standard InChI is InChI=1S/C10H11BrCl2N2O/c1-6(16)14-2-3-15-10-8(12)4-7(11)5-9(10)13/h4-5,15H,2-3H2,1H3,(H,14,16). The molecule has 0 saturated carbocycles. The topological polar surface area (TPSA) is 41.1 Å². The summed E-state index contributed by atoms with van der Waals surface area (Å²) >= 11 is 15.3. The summed E-state index contributed by atoms with van der Waals surface area (Å²) in [5, 5.41) is 6.82. The van der Waals surface area contributed by atoms with E-state index in [0.29, 0.717) is 28.8 Å². The zero-order valence-corrected chi connectivity index (χ0v) is 11.7. The molecule has 88 valence electrons. The van der Waals surface area contributed by atoms with E-state index in [-0.39, 0.29) is 5.91 Å². The lowest BCUT2D eigenvalue weighted by molar-refractivity contribution is -0.118. The quantitative estimate of drug-likeness (QED) is 0.834. The van der Waals surface area contributed by atoms with Crippen LogP contribution in [0.4, 0.5) is 5.69 Å². The highest BCUT2D eigenvalue weighted by molar-refractivity contribution is 9.10. The van der Waals surface area contributed by atoms with E-state index in [9.17, 15) is 4.79 Å². The van der Waals surface area contributed by atoms with Gasteiger partial charge in [-0.1, -0.05) is 39.1 Å². The lowest BCUT2D eigenvalue weighted by Gasteiger charge is -2.11. The van der Waals surface area contributed by atoms with Crippen molar-refractivity contribution in [1.29, 1.82) is 0 Å². The number of rotatable bonds is 4. The van der Waals surface area contributed by atoms with Crippen molar-refractivity contribution in [1.82, 2.24) is 5.32 Å². The van der Waals surface area contributed by atoms with Crippen molar-refractivity contribution in [3.8, 4) is 0 Å². The third-order valence-corrected chi connectivity index (χ3v) is 2.86. The molecule has 0 bridgehead atoms. The van der Waals surface area contributed by atoms with Crippen molar-refractivity contribution in [3.63, 3.8) is 0 Å². The maximum atomic E-state index is 10.6. The average molecular weight is 326 g/mol. The third-order valence-electron chi connectivity index (χ3n) is 1.81. The molecule has 1 amide bonds. The zero-order valence-electron chi connectivity index (χ0n) is 8.61. The zero-order chi connectivity index (χ0) is 12.1. The van der Waals surface area contributed by atoms with Gasteiger partial charge in [0, 0.05) is 24.5 Å². The summed E-state index contributed by atoms with van der Waals surface area (Å²) in [4.78, 5) is 10.6. The van der Waals surface area contributed by atoms with Gasteiger partial charge in [0.1, 0.15) is 0 Å². The molecule has 1 rings (SSSR count). The lowest BCUT2D eigenvalue weighted by Crippen LogP contribution is -2.26. The van der Waals surface area contributed by atoms with E-state index >= 15 is 0 Å². The number of hydrogen-bond acceptors (Lipinski definition) is 2. The number of carbonyl (C=O) groups excluding carboxylic acids is 1. The largest absolute Gasteiger partial charge is 0.381 e. The molecular weight excluding hydrogens is 315 g/mol. The second-order valence-electron chi connectivity index (χ2n) is 3.15. The average Bonchev–Trinajstić information content (AvgIpc) is 2.14. The van der Waals surface area contributed by atoms with E-state index < -0.39 is 0 Å². The molecule has 0 atom stereocenters. The number of halogens is 3. The minimum atomic E-state index is -0.0604. The van der Waals surface area contributed by atoms with E-state index in [4.69, 9.17) is 23.2 Å². The summed E-state index contributed by atoms with van der Waals surface area (Å²) in [5.41, 5.74) is 0.678. The fraction of sp³-hybridized carbons (Fsp3) is 0.300. The van der Waals surface area contributed by atoms with Gasteiger partial charge in [0.15, 0.2) is 0 Å². The fourth-order valence-corrected chi connectivity index (χ4v) is 2.48. The molecule has 0 spiro atoms. The van der Waals surface area contributed by atoms with Crippen LogP contribution in [0.5, 0.6) is 0 Å². The molecule has 0 fully saturated rings. The Bertz CT molecular complexity index is 375. The van der Waals surface area contributed by atoms with Gasteiger partial charge in [-0.2, -0.15) is 0 Å². The Morgan fingerprint density at radius 3 is 2.38 bits per heavy atom. The number of benzene rings is 1. The molecule has 6 heteroatoms. The molecule has 0 unspecified atom stereocenters. The van der Waals surface area contributed by atoms with Crippen molar-refractivity contribution in [2.45, 2.75) is 6.92 Å². The fourth-order valence-electron chi connectivity index (χ4n) is 1.14. The van der Waals surface area contributed by atoms with E-state index in [1.807, 2.05) is 0 Å². The smallest absolute Gasteiger partial charge is 0.216 e. The molecule has 3 nitrogen and oxygen atoms in total. The van der Waals surface area contributed by atoms with Crippen LogP contribution in [0, 0.1) is 0 Å². The molecule has 1 aromatic rings. The summed E-state index contributed by atoms with van der Waals surface area (Å²) in [6.07, 6.45) is 0. The Morgan fingerprint density at radius 2 is 1.88 bits per heavy atom. The highest BCUT2D eigenvalue weighted by Crippen LogP contribution is 2.33. The third kappa shape index (κ3) is 4.20. The maximum absolute atomic E-state index is 10.6. The summed E-state index contributed by atoms with van der Waals surface area (Å²) in [7, 11) is 0. The number of anilines is 1. The first-order valence-corrected chi connectivity index (χ1v) is 6.18. The van der Waals surface area contributed by atoms with Crippen LogP contribution < -0.4 is 10.6 Å². The van der Waals surface area contributed by atoms with E-state index in [2.05, 4.69) is 26.6 Å². The predicted molar refractivity (Wildman–Crippen MR) is 71.3 cm³/mol. The molecule has 0 aromatic heterocycles. The highest BCUT2D eigenvalue weighted by Gasteiger charge is 2.06. The van der Waals surface area contributed by atoms with E-state index in [0.717, 1.165) is 4.47 Å². The first kappa shape index (κ1) is 13.6. The minimum Gasteiger partial charge on any atom is -0.381 e. The van der Waals surface area contributed by atoms with Gasteiger partial charge in [-0.25, -0.2) is 0 Å². The van der Waals surface area contributed by atoms with E-state index in [1.165, 1.54) is 6.92 Å². The number of carbonyl (C=O) groups is 1. The van der Waals surface area contributed by atoms with Gasteiger partial charge in [0.25, 0.3) is 0 Å². The molecule has 2 N–H and O–H groups in total. The van der Waals surface area contributed by atoms with Gasteiger partial charge in [-0.3, -0.25) is 4.79 Å². The van der Waals surface area contributed by atoms with Crippen molar-refractivity contribution in [3.05, 3.63) is 26.7 Å². The van der Waals surface area contributed by atoms with Gasteiger partial charge in [0.2, 0.25) is 5.91 Å². The Kier molecular flexibility index (Phi) is 5.38. The van der Waals surface area contributed by atoms with Crippen LogP contribution in [-0.4, -0.2) is 19.0 Å². The van der Waals surface area contributed by atoms with E-state index in [1.54, 1.807) is 12.1 Å². The molecule has 0 aliphatic carbocycles. The summed E-state index contributed by atoms with van der Waals surface area (Å²) in [6.45, 7) is 2.57. The van der Waals surface area contributed by atoms with Crippen LogP contribution >= 0.6 is 39.1 Å². The molecular formula is C10H11BrCl2N2O. The van der Waals surface area contributed by atoms with Crippen molar-refractivity contribution in [2.24, 2.45) is 0 Å². The van der Waals surface area contributed by atoms with Gasteiger partial charge in [-0.15, -0.1) is 0 Å². The Labute approximate surface area is 113 Å². The Balaban J connectivity index is 2.57. The highest BCUT2D eigenvalue weighted by atomic mass is 79.9. The normalized spacial score (nSPS) is 10.0. The maximum Gasteiger partial charge on any atom is 0.216 e. The summed E-state index contributed by atoms with van der Waals surface area (Å²) in [6, 6.07) is 3.52. The van der Waals surface area contributed by atoms with Crippen molar-refractivity contribution in [2.75, 3.05) is 18.4 Å². The summed E-state index contributed by atoms with van der Waals surface area (Å²) < 4.78 is 0.829. The Morgan fingerprint density at radius 1 is 1.31 bits per heavy atom. The molecule has 0 radical (unpaired) electrons. The molecule has 0 aliphatic heterocycles. The van der Waals surface area contributed by atoms with Crippen LogP contribution in [0.15, 0.2) is 16.6 Å². The second kappa shape index (κ2) is 6.33. The Hall–Kier alpha value is -0.450. The van der Waals surface area contributed by atoms with Gasteiger partial charge in [0.05, 0.1) is 15.7 Å². The SMILES string of the molecule is CC(=O)NCCNc1c(Cl)cc(Br)cc1Cl. The monoisotopic (exact) mass is 324 g/mol. The number of amides is 1. The van der Waals surface area contributed by atoms with Crippen LogP contribution in [-0.2, 0) is 4.79 Å². The van der Waals surface area contributed by atoms with Gasteiger partial charge < -0.3 is 10.6 Å². The number of hydrogen-bond donors (Lipinski definition) is 2. The van der Waals surface area contributed by atoms with Crippen LogP contribution in [0.1, 0.15) is 6.92 Å². The molecule has 0 saturated heterocycles. The van der Waals surface area contributed by atoms with Crippen LogP contribution in [0.25, 0.3) is 0 Å². The predicted octanol–water partition coefficient (Wildman–Crippen LogP) is 3.30. The van der Waals surface area contributed by atoms with Crippen molar-refractivity contribution < 1.29 is 4.79 Å². The van der Waals surface area contributed by atoms with Crippen molar-refractivity contribution >= 4 is 50.7 Å².